The summed E-state index contributed by atoms with van der Waals surface area (Å²) in [6.07, 6.45) is 0.713. The van der Waals surface area contributed by atoms with Crippen molar-refractivity contribution in [3.8, 4) is 11.8 Å². The molecule has 2 fully saturated rings. The van der Waals surface area contributed by atoms with Crippen LogP contribution in [0.5, 0.6) is 0 Å². The number of hydrogen-bond donors (Lipinski definition) is 3. The van der Waals surface area contributed by atoms with Gasteiger partial charge in [-0.3, -0.25) is 4.79 Å². The highest BCUT2D eigenvalue weighted by atomic mass is 16.3. The molecule has 0 spiro atoms. The molecule has 0 aliphatic heterocycles. The standard InChI is InChI=1S/C22H23N5O4/c1-4-12-5-6-13(31-12)7-8-15-25-20(23-3)16-21(26-15)27(10-24-16)17-14-9-22(14,11(2)28)19(30)18(17)29/h5-6,10,14,17-19,29-30H,4,9H2,1-3H3,(H,23,25,26)/t14?,17-,18+,19?,22+/m1/s1. The second-order valence-electron chi connectivity index (χ2n) is 8.17. The van der Waals surface area contributed by atoms with Crippen LogP contribution in [0.1, 0.15) is 43.7 Å². The third kappa shape index (κ3) is 2.79. The molecular weight excluding hydrogens is 398 g/mol. The quantitative estimate of drug-likeness (QED) is 0.538. The highest BCUT2D eigenvalue weighted by Gasteiger charge is 2.74. The van der Waals surface area contributed by atoms with Crippen LogP contribution in [-0.2, 0) is 11.2 Å². The van der Waals surface area contributed by atoms with E-state index in [2.05, 4.69) is 32.1 Å². The lowest BCUT2D eigenvalue weighted by Gasteiger charge is -2.23. The van der Waals surface area contributed by atoms with Gasteiger partial charge in [0.25, 0.3) is 0 Å². The fraction of sp³-hybridized carbons (Fsp3) is 0.455. The summed E-state index contributed by atoms with van der Waals surface area (Å²) in [6, 6.07) is 3.19. The van der Waals surface area contributed by atoms with E-state index in [-0.39, 0.29) is 17.5 Å². The molecule has 0 saturated heterocycles. The first-order valence-electron chi connectivity index (χ1n) is 10.3. The number of aliphatic hydroxyl groups is 2. The van der Waals surface area contributed by atoms with Crippen LogP contribution in [0.2, 0.25) is 0 Å². The Balaban J connectivity index is 1.57. The first-order valence-corrected chi connectivity index (χ1v) is 10.3. The minimum atomic E-state index is -1.10. The molecule has 2 aliphatic rings. The molecule has 31 heavy (non-hydrogen) atoms. The molecule has 5 atom stereocenters. The molecule has 3 N–H and O–H groups in total. The van der Waals surface area contributed by atoms with E-state index in [0.717, 1.165) is 12.2 Å². The molecule has 2 aliphatic carbocycles. The summed E-state index contributed by atoms with van der Waals surface area (Å²) in [6.45, 7) is 3.47. The molecule has 9 nitrogen and oxygen atoms in total. The van der Waals surface area contributed by atoms with Gasteiger partial charge < -0.3 is 24.5 Å². The predicted molar refractivity (Wildman–Crippen MR) is 111 cm³/mol. The highest BCUT2D eigenvalue weighted by molar-refractivity contribution is 5.88. The van der Waals surface area contributed by atoms with Gasteiger partial charge in [-0.1, -0.05) is 6.92 Å². The zero-order chi connectivity index (χ0) is 21.9. The van der Waals surface area contributed by atoms with Crippen molar-refractivity contribution in [3.63, 3.8) is 0 Å². The second-order valence-corrected chi connectivity index (χ2v) is 8.17. The fourth-order valence-corrected chi connectivity index (χ4v) is 4.89. The molecule has 3 aromatic heterocycles. The Morgan fingerprint density at radius 2 is 2.16 bits per heavy atom. The summed E-state index contributed by atoms with van der Waals surface area (Å²) < 4.78 is 7.35. The number of carbonyl (C=O) groups is 1. The van der Waals surface area contributed by atoms with Crippen LogP contribution in [-0.4, -0.2) is 54.8 Å². The van der Waals surface area contributed by atoms with Gasteiger partial charge in [-0.15, -0.1) is 0 Å². The number of Topliss-reactive ketones (excluding diaryl/α,β-unsaturated/α-hetero) is 1. The molecule has 5 rings (SSSR count). The average Bonchev–Trinajstić information content (AvgIpc) is 3.04. The van der Waals surface area contributed by atoms with E-state index in [1.807, 2.05) is 13.0 Å². The normalized spacial score (nSPS) is 28.8. The molecule has 2 saturated carbocycles. The Morgan fingerprint density at radius 3 is 2.81 bits per heavy atom. The van der Waals surface area contributed by atoms with E-state index in [0.29, 0.717) is 29.2 Å². The van der Waals surface area contributed by atoms with Crippen LogP contribution < -0.4 is 5.32 Å². The molecule has 3 heterocycles. The highest BCUT2D eigenvalue weighted by Crippen LogP contribution is 2.68. The summed E-state index contributed by atoms with van der Waals surface area (Å²) in [5.74, 6) is 7.75. The number of hydrogen-bond acceptors (Lipinski definition) is 8. The number of nitrogens with one attached hydrogen (secondary N) is 1. The van der Waals surface area contributed by atoms with Crippen molar-refractivity contribution in [1.82, 2.24) is 19.5 Å². The number of carbonyl (C=O) groups excluding carboxylic acids is 1. The van der Waals surface area contributed by atoms with Crippen LogP contribution in [0.4, 0.5) is 5.82 Å². The number of aryl methyl sites for hydroxylation is 1. The number of fused-ring (bicyclic) bond motifs is 2. The fourth-order valence-electron chi connectivity index (χ4n) is 4.89. The van der Waals surface area contributed by atoms with Crippen molar-refractivity contribution in [1.29, 1.82) is 0 Å². The van der Waals surface area contributed by atoms with Gasteiger partial charge in [0, 0.05) is 13.5 Å². The number of anilines is 1. The summed E-state index contributed by atoms with van der Waals surface area (Å²) >= 11 is 0. The van der Waals surface area contributed by atoms with Gasteiger partial charge in [0.05, 0.1) is 23.9 Å². The van der Waals surface area contributed by atoms with E-state index in [1.165, 1.54) is 6.92 Å². The number of aromatic nitrogens is 4. The van der Waals surface area contributed by atoms with E-state index in [9.17, 15) is 15.0 Å². The molecule has 0 aromatic carbocycles. The third-order valence-corrected chi connectivity index (χ3v) is 6.62. The van der Waals surface area contributed by atoms with Gasteiger partial charge >= 0.3 is 0 Å². The lowest BCUT2D eigenvalue weighted by molar-refractivity contribution is -0.128. The first-order chi connectivity index (χ1) is 14.9. The summed E-state index contributed by atoms with van der Waals surface area (Å²) in [5, 5.41) is 24.3. The van der Waals surface area contributed by atoms with Crippen LogP contribution in [0.15, 0.2) is 22.9 Å². The maximum Gasteiger partial charge on any atom is 0.209 e. The minimum absolute atomic E-state index is 0.0991. The Labute approximate surface area is 178 Å². The molecule has 160 valence electrons. The van der Waals surface area contributed by atoms with Crippen molar-refractivity contribution in [3.05, 3.63) is 35.8 Å². The van der Waals surface area contributed by atoms with Crippen molar-refractivity contribution in [2.45, 2.75) is 44.9 Å². The maximum atomic E-state index is 12.2. The Morgan fingerprint density at radius 1 is 1.35 bits per heavy atom. The third-order valence-electron chi connectivity index (χ3n) is 6.62. The maximum absolute atomic E-state index is 12.2. The van der Waals surface area contributed by atoms with E-state index < -0.39 is 23.7 Å². The lowest BCUT2D eigenvalue weighted by Crippen LogP contribution is -2.36. The number of aliphatic hydroxyl groups excluding tert-OH is 2. The molecule has 9 heteroatoms. The van der Waals surface area contributed by atoms with Crippen molar-refractivity contribution in [2.75, 3.05) is 12.4 Å². The predicted octanol–water partition coefficient (Wildman–Crippen LogP) is 1.29. The molecule has 2 unspecified atom stereocenters. The number of imidazole rings is 1. The number of nitrogens with zero attached hydrogens (tertiary/aromatic N) is 4. The van der Waals surface area contributed by atoms with Gasteiger partial charge in [-0.05, 0) is 43.2 Å². The number of furan rings is 1. The van der Waals surface area contributed by atoms with Gasteiger partial charge in [0.15, 0.2) is 22.7 Å². The largest absolute Gasteiger partial charge is 0.453 e. The second kappa shape index (κ2) is 6.90. The van der Waals surface area contributed by atoms with Gasteiger partial charge in [-0.25, -0.2) is 15.0 Å². The van der Waals surface area contributed by atoms with Crippen LogP contribution in [0.3, 0.4) is 0 Å². The van der Waals surface area contributed by atoms with Gasteiger partial charge in [-0.2, -0.15) is 0 Å². The zero-order valence-corrected chi connectivity index (χ0v) is 17.5. The molecule has 0 amide bonds. The summed E-state index contributed by atoms with van der Waals surface area (Å²) in [4.78, 5) is 25.6. The lowest BCUT2D eigenvalue weighted by atomic mass is 9.95. The topological polar surface area (TPSA) is 126 Å². The number of ketones is 1. The van der Waals surface area contributed by atoms with E-state index in [4.69, 9.17) is 4.42 Å². The molecule has 0 radical (unpaired) electrons. The zero-order valence-electron chi connectivity index (χ0n) is 17.5. The van der Waals surface area contributed by atoms with Crippen LogP contribution in [0, 0.1) is 23.2 Å². The van der Waals surface area contributed by atoms with Crippen LogP contribution >= 0.6 is 0 Å². The van der Waals surface area contributed by atoms with Crippen molar-refractivity contribution < 1.29 is 19.4 Å². The summed E-state index contributed by atoms with van der Waals surface area (Å²) in [5.41, 5.74) is 0.139. The van der Waals surface area contributed by atoms with E-state index in [1.54, 1.807) is 24.0 Å². The van der Waals surface area contributed by atoms with Crippen LogP contribution in [0.25, 0.3) is 11.2 Å². The SMILES string of the molecule is CCc1ccc(C#Cc2nc(NC)c3ncn([C@@H]4C5C[C@@]5(C(C)=O)C(O)[C@H]4O)c3n2)o1. The van der Waals surface area contributed by atoms with Crippen molar-refractivity contribution >= 4 is 22.8 Å². The van der Waals surface area contributed by atoms with E-state index >= 15 is 0 Å². The molecule has 3 aromatic rings. The Hall–Kier alpha value is -3.22. The summed E-state index contributed by atoms with van der Waals surface area (Å²) in [7, 11) is 1.73. The Bertz CT molecular complexity index is 1250. The molecular formula is C22H23N5O4. The molecule has 0 bridgehead atoms. The van der Waals surface area contributed by atoms with Gasteiger partial charge in [0.2, 0.25) is 5.82 Å². The Kier molecular flexibility index (Phi) is 4.39. The first kappa shape index (κ1) is 19.7. The monoisotopic (exact) mass is 421 g/mol. The minimum Gasteiger partial charge on any atom is -0.453 e. The van der Waals surface area contributed by atoms with Gasteiger partial charge in [0.1, 0.15) is 17.6 Å². The smallest absolute Gasteiger partial charge is 0.209 e. The van der Waals surface area contributed by atoms with Crippen molar-refractivity contribution in [2.24, 2.45) is 11.3 Å². The average molecular weight is 421 g/mol. The number of rotatable bonds is 4.